The molecule has 1 unspecified atom stereocenters. The van der Waals surface area contributed by atoms with Gasteiger partial charge in [-0.3, -0.25) is 4.68 Å². The zero-order valence-electron chi connectivity index (χ0n) is 10.5. The van der Waals surface area contributed by atoms with Crippen molar-refractivity contribution in [2.24, 2.45) is 7.05 Å². The third-order valence-electron chi connectivity index (χ3n) is 2.71. The van der Waals surface area contributed by atoms with E-state index < -0.39 is 10.0 Å². The van der Waals surface area contributed by atoms with Gasteiger partial charge in [0, 0.05) is 18.4 Å². The second-order valence-electron chi connectivity index (χ2n) is 4.00. The predicted molar refractivity (Wildman–Crippen MR) is 70.9 cm³/mol. The van der Waals surface area contributed by atoms with Gasteiger partial charge in [0.05, 0.1) is 11.4 Å². The number of halogens is 1. The first-order chi connectivity index (χ1) is 7.83. The van der Waals surface area contributed by atoms with Gasteiger partial charge in [-0.15, -0.1) is 0 Å². The highest BCUT2D eigenvalue weighted by Crippen LogP contribution is 2.19. The average molecular weight is 324 g/mol. The van der Waals surface area contributed by atoms with Gasteiger partial charge in [0.2, 0.25) is 10.0 Å². The lowest BCUT2D eigenvalue weighted by molar-refractivity contribution is 0.557. The van der Waals surface area contributed by atoms with Crippen LogP contribution in [-0.4, -0.2) is 29.6 Å². The van der Waals surface area contributed by atoms with Crippen LogP contribution in [0, 0.1) is 13.8 Å². The van der Waals surface area contributed by atoms with Crippen molar-refractivity contribution in [1.29, 1.82) is 0 Å². The Kier molecular flexibility index (Phi) is 4.74. The van der Waals surface area contributed by atoms with E-state index >= 15 is 0 Å². The Bertz CT molecular complexity index is 492. The van der Waals surface area contributed by atoms with Crippen LogP contribution >= 0.6 is 15.9 Å². The number of sulfonamides is 1. The Labute approximate surface area is 111 Å². The molecule has 1 aromatic heterocycles. The molecule has 98 valence electrons. The van der Waals surface area contributed by atoms with Gasteiger partial charge in [-0.25, -0.2) is 13.1 Å². The smallest absolute Gasteiger partial charge is 0.244 e. The highest BCUT2D eigenvalue weighted by molar-refractivity contribution is 9.09. The summed E-state index contributed by atoms with van der Waals surface area (Å²) in [5, 5.41) is 4.72. The molecular formula is C10H18BrN3O2S. The normalized spacial score (nSPS) is 13.9. The maximum Gasteiger partial charge on any atom is 0.244 e. The van der Waals surface area contributed by atoms with Crippen molar-refractivity contribution in [3.05, 3.63) is 11.4 Å². The van der Waals surface area contributed by atoms with Gasteiger partial charge in [-0.05, 0) is 20.3 Å². The van der Waals surface area contributed by atoms with E-state index in [1.165, 1.54) is 0 Å². The Morgan fingerprint density at radius 3 is 2.41 bits per heavy atom. The van der Waals surface area contributed by atoms with Crippen LogP contribution in [0.25, 0.3) is 0 Å². The van der Waals surface area contributed by atoms with Crippen LogP contribution in [0.3, 0.4) is 0 Å². The summed E-state index contributed by atoms with van der Waals surface area (Å²) in [6, 6.07) is -0.0981. The summed E-state index contributed by atoms with van der Waals surface area (Å²) in [6.07, 6.45) is 0.739. The number of alkyl halides is 1. The van der Waals surface area contributed by atoms with Crippen molar-refractivity contribution < 1.29 is 8.42 Å². The molecule has 5 nitrogen and oxygen atoms in total. The summed E-state index contributed by atoms with van der Waals surface area (Å²) in [4.78, 5) is 0.291. The van der Waals surface area contributed by atoms with Crippen molar-refractivity contribution in [2.75, 3.05) is 5.33 Å². The molecule has 1 rings (SSSR count). The van der Waals surface area contributed by atoms with E-state index in [-0.39, 0.29) is 6.04 Å². The number of hydrogen-bond donors (Lipinski definition) is 1. The lowest BCUT2D eigenvalue weighted by atomic mass is 10.3. The fourth-order valence-electron chi connectivity index (χ4n) is 1.65. The van der Waals surface area contributed by atoms with Crippen LogP contribution < -0.4 is 4.72 Å². The SMILES string of the molecule is CCC(CBr)NS(=O)(=O)c1c(C)nn(C)c1C. The summed E-state index contributed by atoms with van der Waals surface area (Å²) in [5.41, 5.74) is 1.18. The zero-order chi connectivity index (χ0) is 13.2. The van der Waals surface area contributed by atoms with Gasteiger partial charge in [0.25, 0.3) is 0 Å². The van der Waals surface area contributed by atoms with Gasteiger partial charge in [-0.2, -0.15) is 5.10 Å². The zero-order valence-corrected chi connectivity index (χ0v) is 12.9. The van der Waals surface area contributed by atoms with Crippen molar-refractivity contribution in [3.63, 3.8) is 0 Å². The quantitative estimate of drug-likeness (QED) is 0.835. The van der Waals surface area contributed by atoms with Gasteiger partial charge < -0.3 is 0 Å². The number of aryl methyl sites for hydroxylation is 2. The van der Waals surface area contributed by atoms with Gasteiger partial charge >= 0.3 is 0 Å². The second-order valence-corrected chi connectivity index (χ2v) is 6.30. The predicted octanol–water partition coefficient (Wildman–Crippen LogP) is 1.49. The largest absolute Gasteiger partial charge is 0.271 e. The molecule has 17 heavy (non-hydrogen) atoms. The van der Waals surface area contributed by atoms with Gasteiger partial charge in [0.15, 0.2) is 0 Å². The van der Waals surface area contributed by atoms with Crippen molar-refractivity contribution in [3.8, 4) is 0 Å². The maximum absolute atomic E-state index is 12.2. The first-order valence-electron chi connectivity index (χ1n) is 5.42. The minimum absolute atomic E-state index is 0.0981. The molecule has 0 aliphatic carbocycles. The van der Waals surface area contributed by atoms with Gasteiger partial charge in [-0.1, -0.05) is 22.9 Å². The van der Waals surface area contributed by atoms with E-state index in [2.05, 4.69) is 25.8 Å². The van der Waals surface area contributed by atoms with Crippen LogP contribution in [-0.2, 0) is 17.1 Å². The highest BCUT2D eigenvalue weighted by atomic mass is 79.9. The van der Waals surface area contributed by atoms with E-state index in [1.54, 1.807) is 25.6 Å². The van der Waals surface area contributed by atoms with Crippen LogP contribution in [0.2, 0.25) is 0 Å². The molecule has 0 fully saturated rings. The van der Waals surface area contributed by atoms with Crippen LogP contribution in [0.15, 0.2) is 4.90 Å². The first-order valence-corrected chi connectivity index (χ1v) is 8.02. The van der Waals surface area contributed by atoms with Crippen molar-refractivity contribution in [2.45, 2.75) is 38.1 Å². The van der Waals surface area contributed by atoms with Crippen LogP contribution in [0.4, 0.5) is 0 Å². The topological polar surface area (TPSA) is 64.0 Å². The molecule has 0 aliphatic heterocycles. The van der Waals surface area contributed by atoms with Crippen LogP contribution in [0.1, 0.15) is 24.7 Å². The monoisotopic (exact) mass is 323 g/mol. The molecule has 0 radical (unpaired) electrons. The van der Waals surface area contributed by atoms with Gasteiger partial charge in [0.1, 0.15) is 4.90 Å². The molecule has 0 saturated carbocycles. The Morgan fingerprint density at radius 2 is 2.06 bits per heavy atom. The fourth-order valence-corrected chi connectivity index (χ4v) is 4.24. The third-order valence-corrected chi connectivity index (χ3v) is 5.27. The third kappa shape index (κ3) is 3.08. The molecule has 0 aliphatic rings. The summed E-state index contributed by atoms with van der Waals surface area (Å²) >= 11 is 3.30. The summed E-state index contributed by atoms with van der Waals surface area (Å²) in [7, 11) is -1.75. The fraction of sp³-hybridized carbons (Fsp3) is 0.700. The summed E-state index contributed by atoms with van der Waals surface area (Å²) in [6.45, 7) is 5.40. The minimum atomic E-state index is -3.49. The molecule has 1 N–H and O–H groups in total. The number of rotatable bonds is 5. The lowest BCUT2D eigenvalue weighted by Gasteiger charge is -2.14. The first kappa shape index (κ1) is 14.7. The van der Waals surface area contributed by atoms with E-state index in [4.69, 9.17) is 0 Å². The molecule has 0 bridgehead atoms. The number of hydrogen-bond acceptors (Lipinski definition) is 3. The highest BCUT2D eigenvalue weighted by Gasteiger charge is 2.25. The molecule has 1 aromatic rings. The minimum Gasteiger partial charge on any atom is -0.271 e. The summed E-state index contributed by atoms with van der Waals surface area (Å²) < 4.78 is 28.7. The lowest BCUT2D eigenvalue weighted by Crippen LogP contribution is -2.36. The molecule has 1 atom stereocenters. The molecule has 0 spiro atoms. The summed E-state index contributed by atoms with van der Waals surface area (Å²) in [5.74, 6) is 0. The Morgan fingerprint density at radius 1 is 1.47 bits per heavy atom. The van der Waals surface area contributed by atoms with Crippen LogP contribution in [0.5, 0.6) is 0 Å². The van der Waals surface area contributed by atoms with E-state index in [0.29, 0.717) is 21.6 Å². The standard InChI is InChI=1S/C10H18BrN3O2S/c1-5-9(6-11)13-17(15,16)10-7(2)12-14(4)8(10)3/h9,13H,5-6H2,1-4H3. The molecule has 0 amide bonds. The molecular weight excluding hydrogens is 306 g/mol. The van der Waals surface area contributed by atoms with E-state index in [0.717, 1.165) is 6.42 Å². The van der Waals surface area contributed by atoms with E-state index in [9.17, 15) is 8.42 Å². The van der Waals surface area contributed by atoms with Crippen molar-refractivity contribution in [1.82, 2.24) is 14.5 Å². The molecule has 0 saturated heterocycles. The number of nitrogens with one attached hydrogen (secondary N) is 1. The van der Waals surface area contributed by atoms with E-state index in [1.807, 2.05) is 6.92 Å². The Hall–Kier alpha value is -0.400. The molecule has 0 aromatic carbocycles. The molecule has 7 heteroatoms. The Balaban J connectivity index is 3.13. The number of aromatic nitrogens is 2. The van der Waals surface area contributed by atoms with Crippen molar-refractivity contribution >= 4 is 26.0 Å². The number of nitrogens with zero attached hydrogens (tertiary/aromatic N) is 2. The average Bonchev–Trinajstić information content (AvgIpc) is 2.50. The molecule has 1 heterocycles. The second kappa shape index (κ2) is 5.49. The maximum atomic E-state index is 12.2.